The van der Waals surface area contributed by atoms with Crippen LogP contribution in [0.4, 0.5) is 11.4 Å². The van der Waals surface area contributed by atoms with Gasteiger partial charge in [0.25, 0.3) is 11.8 Å². The van der Waals surface area contributed by atoms with Crippen molar-refractivity contribution in [3.63, 3.8) is 0 Å². The minimum atomic E-state index is -5.00. The third-order valence-electron chi connectivity index (χ3n) is 22.8. The van der Waals surface area contributed by atoms with Gasteiger partial charge in [-0.15, -0.1) is 13.5 Å². The molecule has 0 spiro atoms. The summed E-state index contributed by atoms with van der Waals surface area (Å²) in [5.74, 6) is -0.878. The van der Waals surface area contributed by atoms with Crippen LogP contribution in [0.1, 0.15) is 144 Å². The standard InChI is InChI=1S/C68H80N5O20S.C31H41N3O8S/c1-8-85-18-19-87-21-20-86-17-9-10-55(75)47-13-16-56(90-68-65(78)64(77)63(76)62(38-74)91-68)61(27-47)93-94(81,82)92-50-14-11-43(12-15-50)36-73(4,5)37-44-24-45(39-88-59-30-53-51(28-57(59)83-6)66(79)71-34-41(2)22-48(71)32-69-53)26-46(25-44)40-89-60-31-54-52(29-58(60)84-7)67(80)72-35-42(3)23-49(72)33-70-54;1-3-34-23-28(32-33-34)24-42-21-20-41-19-18-40-17-16-39-15-4-5-30(35)26-8-10-27(11-9-26)31(36)14-22-43(37,38)29-12-6-25(2)7-13-29/h11-16,24-33,48-49,62-65,68,74,76-78H,2-3,8-10,17-23,34-40H2,1,4-7H3;6-13,23H,3-5,14-22,24H2,1-2H3/q+1;/t48-,49-,62+,63-,64-,65+,68?;/m0./s1. The molecule has 3 saturated heterocycles. The average Bonchev–Trinajstić information content (AvgIpc) is 1.66. The number of aliphatic imine (C=N–C) groups is 2. The number of hydrogen-bond donors (Lipinski definition) is 4. The van der Waals surface area contributed by atoms with E-state index in [9.17, 15) is 61.2 Å². The molecule has 5 aliphatic rings. The van der Waals surface area contributed by atoms with Crippen molar-refractivity contribution < 1.29 is 136 Å². The first kappa shape index (κ1) is 104. The van der Waals surface area contributed by atoms with E-state index in [1.165, 1.54) is 38.5 Å². The van der Waals surface area contributed by atoms with Crippen molar-refractivity contribution in [2.75, 3.05) is 140 Å². The average molecular weight is 1940 g/mol. The first-order valence-electron chi connectivity index (χ1n) is 45.3. The smallest absolute Gasteiger partial charge is 0.493 e. The number of aryl methyl sites for hydroxylation is 2. The molecular weight excluding hydrogens is 1810 g/mol. The van der Waals surface area contributed by atoms with Gasteiger partial charge in [0.15, 0.2) is 61.7 Å². The van der Waals surface area contributed by atoms with E-state index in [-0.39, 0.29) is 95.8 Å². The van der Waals surface area contributed by atoms with E-state index in [0.29, 0.717) is 205 Å². The number of ether oxygens (including phenoxy) is 13. The van der Waals surface area contributed by atoms with E-state index in [1.807, 2.05) is 59.3 Å². The number of aliphatic hydroxyl groups excluding tert-OH is 4. The number of methoxy groups -OCH3 is 2. The number of Topliss-reactive ketones (excluding diaryl/α,β-unsaturated/α-hetero) is 3. The normalized spacial score (nSPS) is 17.9. The van der Waals surface area contributed by atoms with Crippen molar-refractivity contribution in [2.24, 2.45) is 9.98 Å². The van der Waals surface area contributed by atoms with Gasteiger partial charge in [-0.25, -0.2) is 8.42 Å². The van der Waals surface area contributed by atoms with E-state index in [4.69, 9.17) is 79.9 Å². The topological polar surface area (TPSA) is 435 Å². The summed E-state index contributed by atoms with van der Waals surface area (Å²) in [5, 5.41) is 49.4. The molecule has 0 bridgehead atoms. The Hall–Kier alpha value is -11.6. The molecule has 137 heavy (non-hydrogen) atoms. The first-order chi connectivity index (χ1) is 65.9. The molecule has 1 unspecified atom stereocenters. The fraction of sp³-hybridized carbons (Fsp3) is 0.444. The maximum Gasteiger partial charge on any atom is 0.501 e. The third kappa shape index (κ3) is 30.0. The predicted molar refractivity (Wildman–Crippen MR) is 503 cm³/mol. The van der Waals surface area contributed by atoms with Crippen molar-refractivity contribution in [1.29, 1.82) is 0 Å². The second-order valence-electron chi connectivity index (χ2n) is 34.0. The van der Waals surface area contributed by atoms with E-state index in [2.05, 4.69) is 23.5 Å². The van der Waals surface area contributed by atoms with Gasteiger partial charge in [0.2, 0.25) is 6.29 Å². The van der Waals surface area contributed by atoms with Crippen molar-refractivity contribution in [2.45, 2.75) is 153 Å². The zero-order chi connectivity index (χ0) is 97.8. The van der Waals surface area contributed by atoms with Gasteiger partial charge in [-0.2, -0.15) is 0 Å². The Morgan fingerprint density at radius 2 is 1.01 bits per heavy atom. The van der Waals surface area contributed by atoms with Gasteiger partial charge >= 0.3 is 10.4 Å². The van der Waals surface area contributed by atoms with Crippen LogP contribution in [0.2, 0.25) is 0 Å². The molecule has 736 valence electrons. The summed E-state index contributed by atoms with van der Waals surface area (Å²) in [6, 6.07) is 35.3. The highest BCUT2D eigenvalue weighted by Gasteiger charge is 2.46. The van der Waals surface area contributed by atoms with E-state index in [1.54, 1.807) is 112 Å². The van der Waals surface area contributed by atoms with Crippen molar-refractivity contribution in [3.8, 4) is 40.2 Å². The summed E-state index contributed by atoms with van der Waals surface area (Å²) in [5.41, 5.74) is 9.55. The van der Waals surface area contributed by atoms with Crippen LogP contribution in [0.25, 0.3) is 0 Å². The number of carbonyl (C=O) groups excluding carboxylic acids is 5. The second kappa shape index (κ2) is 50.1. The molecule has 3 fully saturated rings. The summed E-state index contributed by atoms with van der Waals surface area (Å²) in [6.07, 6.45) is -0.714. The number of nitrogens with zero attached hydrogens (tertiary/aromatic N) is 8. The van der Waals surface area contributed by atoms with Gasteiger partial charge in [0.05, 0.1) is 159 Å². The second-order valence-corrected chi connectivity index (χ2v) is 37.3. The Morgan fingerprint density at radius 3 is 1.52 bits per heavy atom. The van der Waals surface area contributed by atoms with E-state index in [0.717, 1.165) is 57.3 Å². The van der Waals surface area contributed by atoms with Crippen LogP contribution in [0, 0.1) is 6.92 Å². The first-order valence-corrected chi connectivity index (χ1v) is 48.3. The number of aromatic nitrogens is 3. The molecule has 36 nitrogen and oxygen atoms in total. The molecule has 7 aromatic carbocycles. The Balaban J connectivity index is 0.000000327. The summed E-state index contributed by atoms with van der Waals surface area (Å²) < 4.78 is 140. The molecule has 6 heterocycles. The predicted octanol–water partition coefficient (Wildman–Crippen LogP) is 10.4. The minimum Gasteiger partial charge on any atom is -0.493 e. The molecule has 0 saturated carbocycles. The van der Waals surface area contributed by atoms with Gasteiger partial charge in [-0.05, 0) is 143 Å². The van der Waals surface area contributed by atoms with Gasteiger partial charge in [-0.1, -0.05) is 71.5 Å². The summed E-state index contributed by atoms with van der Waals surface area (Å²) in [7, 11) is -1.46. The summed E-state index contributed by atoms with van der Waals surface area (Å²) >= 11 is 0. The molecule has 4 N–H and O–H groups in total. The lowest BCUT2D eigenvalue weighted by Crippen LogP contribution is -2.60. The number of ketones is 3. The van der Waals surface area contributed by atoms with Crippen LogP contribution < -0.4 is 32.1 Å². The van der Waals surface area contributed by atoms with E-state index < -0.39 is 69.1 Å². The SMILES string of the molecule is C=C1C[C@H]2C=Nc3cc(OCc4cc(COc5cc6c(cc5OC)C(=O)N5CC(=C)C[C@H]5C=N6)cc(C[N+](C)(C)Cc5ccc(OS(=O)(=O)Oc6cc(C(=O)CCCOCCOCCOCC)ccc6OC6O[C@H](CO)[C@H](O)[C@H](O)[C@H]6O)cc5)c4)c(OC)cc3C(=O)N2C1.CCn1cc(COCCOCCOCCOCCCC(=O)c2ccc(C(=O)CCS(=O)(=O)c3ccc(C)cc3)cc2)nn1. The zero-order valence-electron chi connectivity index (χ0n) is 78.1. The quantitative estimate of drug-likeness (QED) is 0.0119. The third-order valence-corrected chi connectivity index (χ3v) is 25.3. The summed E-state index contributed by atoms with van der Waals surface area (Å²) in [6.45, 7) is 21.8. The van der Waals surface area contributed by atoms with Gasteiger partial charge in [-0.3, -0.25) is 38.6 Å². The molecule has 2 amide bonds. The van der Waals surface area contributed by atoms with Crippen LogP contribution in [-0.4, -0.2) is 291 Å². The number of hydrogen-bond acceptors (Lipinski definition) is 32. The number of amides is 2. The Kier molecular flexibility index (Phi) is 38.2. The fourth-order valence-electron chi connectivity index (χ4n) is 15.7. The van der Waals surface area contributed by atoms with Gasteiger partial charge < -0.3 is 105 Å². The maximum absolute atomic E-state index is 13.8. The van der Waals surface area contributed by atoms with Crippen LogP contribution in [0.15, 0.2) is 179 Å². The van der Waals surface area contributed by atoms with Crippen molar-refractivity contribution >= 4 is 73.2 Å². The molecule has 0 radical (unpaired) electrons. The monoisotopic (exact) mass is 1930 g/mol. The van der Waals surface area contributed by atoms with Crippen LogP contribution in [0.3, 0.4) is 0 Å². The van der Waals surface area contributed by atoms with Crippen molar-refractivity contribution in [3.05, 3.63) is 225 Å². The molecule has 13 rings (SSSR count). The van der Waals surface area contributed by atoms with Crippen LogP contribution in [-0.2, 0) is 97.6 Å². The van der Waals surface area contributed by atoms with E-state index >= 15 is 0 Å². The number of fused-ring (bicyclic) bond motifs is 4. The largest absolute Gasteiger partial charge is 0.501 e. The zero-order valence-corrected chi connectivity index (χ0v) is 79.7. The number of sulfone groups is 1. The van der Waals surface area contributed by atoms with Crippen molar-refractivity contribution in [1.82, 2.24) is 24.8 Å². The number of carbonyl (C=O) groups is 5. The van der Waals surface area contributed by atoms with Crippen LogP contribution >= 0.6 is 0 Å². The minimum absolute atomic E-state index is 0.0111. The Morgan fingerprint density at radius 1 is 0.518 bits per heavy atom. The van der Waals surface area contributed by atoms with Crippen LogP contribution in [0.5, 0.6) is 40.2 Å². The number of benzene rings is 7. The lowest BCUT2D eigenvalue weighted by Gasteiger charge is -2.39. The highest BCUT2D eigenvalue weighted by Crippen LogP contribution is 2.43. The Bertz CT molecular complexity index is 5640. The Labute approximate surface area is 797 Å². The van der Waals surface area contributed by atoms with Gasteiger partial charge in [0, 0.05) is 111 Å². The molecule has 1 aromatic heterocycles. The number of aliphatic hydroxyl groups is 4. The lowest BCUT2D eigenvalue weighted by molar-refractivity contribution is -0.916. The number of quaternary nitrogens is 1. The molecule has 8 aromatic rings. The fourth-order valence-corrected chi connectivity index (χ4v) is 17.7. The highest BCUT2D eigenvalue weighted by molar-refractivity contribution is 7.91. The molecule has 0 aliphatic carbocycles. The lowest BCUT2D eigenvalue weighted by atomic mass is 9.99. The maximum atomic E-state index is 13.8. The molecular formula is C99H121N8O28S2+. The highest BCUT2D eigenvalue weighted by atomic mass is 32.3. The molecule has 5 aliphatic heterocycles. The molecule has 38 heteroatoms. The van der Waals surface area contributed by atoms with Gasteiger partial charge in [0.1, 0.15) is 62.2 Å². The number of rotatable bonds is 53. The molecule has 7 atom stereocenters. The summed E-state index contributed by atoms with van der Waals surface area (Å²) in [4.78, 5) is 79.1.